The van der Waals surface area contributed by atoms with E-state index in [1.807, 2.05) is 26.0 Å². The molecule has 2 N–H and O–H groups in total. The Hall–Kier alpha value is -3.39. The number of benzene rings is 2. The summed E-state index contributed by atoms with van der Waals surface area (Å²) in [5.74, 6) is 0.606. The first-order valence-electron chi connectivity index (χ1n) is 10.1. The molecule has 0 saturated heterocycles. The number of nitrogens with one attached hydrogen (secondary N) is 1. The number of phenols is 1. The summed E-state index contributed by atoms with van der Waals surface area (Å²) in [7, 11) is -3.42. The van der Waals surface area contributed by atoms with Crippen molar-refractivity contribution in [1.82, 2.24) is 14.5 Å². The number of aryl methyl sites for hydroxylation is 1. The smallest absolute Gasteiger partial charge is 0.229 e. The van der Waals surface area contributed by atoms with Gasteiger partial charge in [0.2, 0.25) is 5.95 Å². The molecule has 2 heterocycles. The van der Waals surface area contributed by atoms with Crippen LogP contribution < -0.4 is 5.32 Å². The van der Waals surface area contributed by atoms with Gasteiger partial charge < -0.3 is 10.4 Å². The van der Waals surface area contributed by atoms with E-state index in [2.05, 4.69) is 15.3 Å². The van der Waals surface area contributed by atoms with Crippen LogP contribution in [0.25, 0.3) is 16.7 Å². The number of fused-ring (bicyclic) bond motifs is 1. The van der Waals surface area contributed by atoms with Gasteiger partial charge in [-0.15, -0.1) is 0 Å². The Morgan fingerprint density at radius 1 is 1.13 bits per heavy atom. The van der Waals surface area contributed by atoms with Gasteiger partial charge in [0.05, 0.1) is 16.3 Å². The predicted molar refractivity (Wildman–Crippen MR) is 122 cm³/mol. The zero-order valence-corrected chi connectivity index (χ0v) is 18.2. The maximum absolute atomic E-state index is 12.9. The number of anilines is 2. The number of aromatic hydroxyl groups is 1. The summed E-state index contributed by atoms with van der Waals surface area (Å²) < 4.78 is 27.7. The molecule has 0 radical (unpaired) electrons. The van der Waals surface area contributed by atoms with E-state index < -0.39 is 9.84 Å². The standard InChI is InChI=1S/C23H24N4O3S/c1-3-4-13-31(29,30)21-8-6-5-7-20(21)27-12-11-17-15-24-23(26-22(17)27)25-19-14-18(28)10-9-16(19)2/h5-12,14-15,28H,3-4,13H2,1-2H3,(H,24,25,26). The Morgan fingerprint density at radius 2 is 1.94 bits per heavy atom. The van der Waals surface area contributed by atoms with E-state index in [-0.39, 0.29) is 16.4 Å². The summed E-state index contributed by atoms with van der Waals surface area (Å²) in [6, 6.07) is 13.9. The van der Waals surface area contributed by atoms with Crippen LogP contribution in [0.5, 0.6) is 5.75 Å². The normalized spacial score (nSPS) is 11.7. The molecular formula is C23H24N4O3S. The molecule has 8 heteroatoms. The highest BCUT2D eigenvalue weighted by molar-refractivity contribution is 7.91. The van der Waals surface area contributed by atoms with Gasteiger partial charge in [-0.3, -0.25) is 4.57 Å². The fourth-order valence-electron chi connectivity index (χ4n) is 3.40. The highest BCUT2D eigenvalue weighted by Crippen LogP contribution is 2.28. The lowest BCUT2D eigenvalue weighted by atomic mass is 10.2. The van der Waals surface area contributed by atoms with Gasteiger partial charge in [-0.2, -0.15) is 4.98 Å². The van der Waals surface area contributed by atoms with Crippen LogP contribution in [-0.4, -0.2) is 33.8 Å². The van der Waals surface area contributed by atoms with Gasteiger partial charge >= 0.3 is 0 Å². The van der Waals surface area contributed by atoms with Crippen LogP contribution in [0.15, 0.2) is 65.8 Å². The third-order valence-electron chi connectivity index (χ3n) is 5.12. The van der Waals surface area contributed by atoms with Crippen molar-refractivity contribution in [3.63, 3.8) is 0 Å². The number of rotatable bonds is 7. The van der Waals surface area contributed by atoms with Crippen molar-refractivity contribution < 1.29 is 13.5 Å². The van der Waals surface area contributed by atoms with Gasteiger partial charge in [-0.1, -0.05) is 31.5 Å². The molecule has 7 nitrogen and oxygen atoms in total. The zero-order chi connectivity index (χ0) is 22.0. The summed E-state index contributed by atoms with van der Waals surface area (Å²) in [6.07, 6.45) is 4.91. The first-order valence-corrected chi connectivity index (χ1v) is 11.8. The molecule has 2 aromatic carbocycles. The molecule has 4 aromatic rings. The first kappa shape index (κ1) is 20.9. The van der Waals surface area contributed by atoms with Crippen molar-refractivity contribution in [2.45, 2.75) is 31.6 Å². The molecule has 4 rings (SSSR count). The van der Waals surface area contributed by atoms with Gasteiger partial charge in [-0.05, 0) is 43.2 Å². The van der Waals surface area contributed by atoms with Crippen molar-refractivity contribution in [2.75, 3.05) is 11.1 Å². The predicted octanol–water partition coefficient (Wildman–Crippen LogP) is 4.75. The van der Waals surface area contributed by atoms with Crippen LogP contribution in [0.2, 0.25) is 0 Å². The van der Waals surface area contributed by atoms with Crippen molar-refractivity contribution in [3.05, 3.63) is 66.5 Å². The van der Waals surface area contributed by atoms with Crippen LogP contribution in [0.4, 0.5) is 11.6 Å². The Morgan fingerprint density at radius 3 is 2.74 bits per heavy atom. The van der Waals surface area contributed by atoms with Crippen LogP contribution in [0.3, 0.4) is 0 Å². The number of unbranched alkanes of at least 4 members (excludes halogenated alkanes) is 1. The maximum atomic E-state index is 12.9. The van der Waals surface area contributed by atoms with Gasteiger partial charge in [0.15, 0.2) is 9.84 Å². The van der Waals surface area contributed by atoms with Crippen LogP contribution in [0.1, 0.15) is 25.3 Å². The largest absolute Gasteiger partial charge is 0.508 e. The Bertz CT molecular complexity index is 1350. The number of aromatic nitrogens is 3. The quantitative estimate of drug-likeness (QED) is 0.434. The molecule has 0 saturated carbocycles. The Kier molecular flexibility index (Phi) is 5.65. The minimum atomic E-state index is -3.42. The number of sulfone groups is 1. The monoisotopic (exact) mass is 436 g/mol. The second-order valence-electron chi connectivity index (χ2n) is 7.42. The molecule has 160 valence electrons. The molecule has 0 fully saturated rings. The van der Waals surface area contributed by atoms with Crippen LogP contribution in [0, 0.1) is 6.92 Å². The second kappa shape index (κ2) is 8.39. The van der Waals surface area contributed by atoms with Crippen LogP contribution >= 0.6 is 0 Å². The number of hydrogen-bond acceptors (Lipinski definition) is 6. The minimum absolute atomic E-state index is 0.109. The van der Waals surface area contributed by atoms with Gasteiger partial charge in [0, 0.05) is 29.5 Å². The molecule has 0 aliphatic heterocycles. The summed E-state index contributed by atoms with van der Waals surface area (Å²) in [5, 5.41) is 13.7. The summed E-state index contributed by atoms with van der Waals surface area (Å²) in [5.41, 5.74) is 2.78. The lowest BCUT2D eigenvalue weighted by Gasteiger charge is -2.13. The van der Waals surface area contributed by atoms with Crippen molar-refractivity contribution >= 4 is 32.5 Å². The Balaban J connectivity index is 1.78. The van der Waals surface area contributed by atoms with Crippen molar-refractivity contribution in [1.29, 1.82) is 0 Å². The first-order chi connectivity index (χ1) is 14.9. The lowest BCUT2D eigenvalue weighted by molar-refractivity contribution is 0.475. The average molecular weight is 437 g/mol. The van der Waals surface area contributed by atoms with E-state index in [1.54, 1.807) is 53.4 Å². The van der Waals surface area contributed by atoms with E-state index >= 15 is 0 Å². The average Bonchev–Trinajstić information content (AvgIpc) is 3.18. The highest BCUT2D eigenvalue weighted by Gasteiger charge is 2.20. The Labute approximate surface area is 181 Å². The summed E-state index contributed by atoms with van der Waals surface area (Å²) in [4.78, 5) is 9.27. The fraction of sp³-hybridized carbons (Fsp3) is 0.217. The number of hydrogen-bond donors (Lipinski definition) is 2. The SMILES string of the molecule is CCCCS(=O)(=O)c1ccccc1-n1ccc2cnc(Nc3cc(O)ccc3C)nc21. The molecule has 0 spiro atoms. The molecule has 0 bridgehead atoms. The topological polar surface area (TPSA) is 97.1 Å². The van der Waals surface area contributed by atoms with Gasteiger partial charge in [0.25, 0.3) is 0 Å². The van der Waals surface area contributed by atoms with Crippen molar-refractivity contribution in [3.8, 4) is 11.4 Å². The van der Waals surface area contributed by atoms with E-state index in [1.165, 1.54) is 0 Å². The minimum Gasteiger partial charge on any atom is -0.508 e. The molecular weight excluding hydrogens is 412 g/mol. The summed E-state index contributed by atoms with van der Waals surface area (Å²) >= 11 is 0. The van der Waals surface area contributed by atoms with E-state index in [0.717, 1.165) is 17.4 Å². The van der Waals surface area contributed by atoms with Crippen molar-refractivity contribution in [2.24, 2.45) is 0 Å². The molecule has 31 heavy (non-hydrogen) atoms. The highest BCUT2D eigenvalue weighted by atomic mass is 32.2. The molecule has 0 aliphatic rings. The van der Waals surface area contributed by atoms with E-state index in [0.29, 0.717) is 29.4 Å². The number of nitrogens with zero attached hydrogens (tertiary/aromatic N) is 3. The second-order valence-corrected chi connectivity index (χ2v) is 9.50. The molecule has 0 atom stereocenters. The molecule has 0 unspecified atom stereocenters. The third kappa shape index (κ3) is 4.25. The van der Waals surface area contributed by atoms with Gasteiger partial charge in [-0.25, -0.2) is 13.4 Å². The van der Waals surface area contributed by atoms with Gasteiger partial charge in [0.1, 0.15) is 11.4 Å². The maximum Gasteiger partial charge on any atom is 0.229 e. The lowest BCUT2D eigenvalue weighted by Crippen LogP contribution is -2.11. The summed E-state index contributed by atoms with van der Waals surface area (Å²) in [6.45, 7) is 3.89. The van der Waals surface area contributed by atoms with E-state index in [4.69, 9.17) is 0 Å². The molecule has 0 amide bonds. The number of para-hydroxylation sites is 1. The van der Waals surface area contributed by atoms with E-state index in [9.17, 15) is 13.5 Å². The zero-order valence-electron chi connectivity index (χ0n) is 17.4. The number of phenolic OH excluding ortho intramolecular Hbond substituents is 1. The van der Waals surface area contributed by atoms with Crippen LogP contribution in [-0.2, 0) is 9.84 Å². The third-order valence-corrected chi connectivity index (χ3v) is 6.96. The molecule has 2 aromatic heterocycles. The fourth-order valence-corrected chi connectivity index (χ4v) is 5.06. The molecule has 0 aliphatic carbocycles.